The van der Waals surface area contributed by atoms with Crippen LogP contribution in [0.5, 0.6) is 0 Å². The zero-order valence-electron chi connectivity index (χ0n) is 11.7. The fraction of sp³-hybridized carbons (Fsp3) is 0.929. The summed E-state index contributed by atoms with van der Waals surface area (Å²) >= 11 is 0. The van der Waals surface area contributed by atoms with Crippen molar-refractivity contribution in [2.45, 2.75) is 58.6 Å². The molecule has 1 unspecified atom stereocenters. The quantitative estimate of drug-likeness (QED) is 0.715. The van der Waals surface area contributed by atoms with Crippen molar-refractivity contribution in [1.29, 1.82) is 0 Å². The fourth-order valence-corrected chi connectivity index (χ4v) is 2.41. The molecule has 0 N–H and O–H groups in total. The Morgan fingerprint density at radius 3 is 2.35 bits per heavy atom. The summed E-state index contributed by atoms with van der Waals surface area (Å²) in [4.78, 5) is 14.5. The van der Waals surface area contributed by atoms with Gasteiger partial charge in [-0.1, -0.05) is 0 Å². The predicted molar refractivity (Wildman–Crippen MR) is 70.1 cm³/mol. The molecule has 3 heteroatoms. The van der Waals surface area contributed by atoms with E-state index < -0.39 is 0 Å². The molecule has 17 heavy (non-hydrogen) atoms. The molecule has 1 fully saturated rings. The van der Waals surface area contributed by atoms with E-state index in [4.69, 9.17) is 4.74 Å². The largest absolute Gasteiger partial charge is 0.382 e. The van der Waals surface area contributed by atoms with Crippen LogP contribution in [0.4, 0.5) is 0 Å². The van der Waals surface area contributed by atoms with Gasteiger partial charge in [-0.2, -0.15) is 0 Å². The van der Waals surface area contributed by atoms with Gasteiger partial charge in [-0.05, 0) is 53.1 Å². The van der Waals surface area contributed by atoms with E-state index in [1.807, 2.05) is 6.92 Å². The van der Waals surface area contributed by atoms with Crippen LogP contribution >= 0.6 is 0 Å². The number of rotatable bonds is 6. The minimum atomic E-state index is 0.203. The second-order valence-corrected chi connectivity index (χ2v) is 5.46. The highest BCUT2D eigenvalue weighted by Crippen LogP contribution is 2.21. The number of Topliss-reactive ketones (excluding diaryl/α,β-unsaturated/α-hetero) is 1. The topological polar surface area (TPSA) is 29.5 Å². The Morgan fingerprint density at radius 2 is 1.88 bits per heavy atom. The Kier molecular flexibility index (Phi) is 6.14. The SMILES string of the molecule is COC(C)CCC(=O)C1CCN(C(C)C)CC1. The molecule has 1 saturated heterocycles. The van der Waals surface area contributed by atoms with Crippen molar-refractivity contribution in [2.24, 2.45) is 5.92 Å². The van der Waals surface area contributed by atoms with Gasteiger partial charge in [0, 0.05) is 25.5 Å². The average molecular weight is 241 g/mol. The molecular weight excluding hydrogens is 214 g/mol. The molecule has 0 amide bonds. The first-order valence-electron chi connectivity index (χ1n) is 6.84. The average Bonchev–Trinajstić information content (AvgIpc) is 2.35. The summed E-state index contributed by atoms with van der Waals surface area (Å²) in [5.41, 5.74) is 0. The lowest BCUT2D eigenvalue weighted by Crippen LogP contribution is -2.40. The molecule has 100 valence electrons. The molecule has 0 aromatic rings. The zero-order chi connectivity index (χ0) is 12.8. The fourth-order valence-electron chi connectivity index (χ4n) is 2.41. The molecule has 3 nitrogen and oxygen atoms in total. The third-order valence-electron chi connectivity index (χ3n) is 3.91. The van der Waals surface area contributed by atoms with Crippen LogP contribution in [0.15, 0.2) is 0 Å². The van der Waals surface area contributed by atoms with Crippen LogP contribution in [0.1, 0.15) is 46.5 Å². The smallest absolute Gasteiger partial charge is 0.136 e. The summed E-state index contributed by atoms with van der Waals surface area (Å²) in [6, 6.07) is 0.611. The van der Waals surface area contributed by atoms with Crippen molar-refractivity contribution in [2.75, 3.05) is 20.2 Å². The Balaban J connectivity index is 2.26. The Morgan fingerprint density at radius 1 is 1.29 bits per heavy atom. The van der Waals surface area contributed by atoms with Gasteiger partial charge in [0.1, 0.15) is 5.78 Å². The second kappa shape index (κ2) is 7.12. The van der Waals surface area contributed by atoms with Gasteiger partial charge in [-0.25, -0.2) is 0 Å². The van der Waals surface area contributed by atoms with E-state index in [1.165, 1.54) is 0 Å². The minimum Gasteiger partial charge on any atom is -0.382 e. The van der Waals surface area contributed by atoms with E-state index in [1.54, 1.807) is 7.11 Å². The highest BCUT2D eigenvalue weighted by atomic mass is 16.5. The lowest BCUT2D eigenvalue weighted by molar-refractivity contribution is -0.125. The molecule has 0 spiro atoms. The van der Waals surface area contributed by atoms with Crippen LogP contribution in [-0.2, 0) is 9.53 Å². The monoisotopic (exact) mass is 241 g/mol. The summed E-state index contributed by atoms with van der Waals surface area (Å²) in [7, 11) is 1.70. The third kappa shape index (κ3) is 4.76. The molecule has 0 aromatic carbocycles. The number of methoxy groups -OCH3 is 1. The van der Waals surface area contributed by atoms with Gasteiger partial charge in [0.2, 0.25) is 0 Å². The van der Waals surface area contributed by atoms with E-state index in [-0.39, 0.29) is 6.10 Å². The first-order valence-corrected chi connectivity index (χ1v) is 6.84. The number of carbonyl (C=O) groups is 1. The van der Waals surface area contributed by atoms with Crippen molar-refractivity contribution < 1.29 is 9.53 Å². The summed E-state index contributed by atoms with van der Waals surface area (Å²) in [6.45, 7) is 8.63. The van der Waals surface area contributed by atoms with Crippen molar-refractivity contribution in [3.8, 4) is 0 Å². The maximum absolute atomic E-state index is 12.0. The van der Waals surface area contributed by atoms with Crippen LogP contribution in [0.2, 0.25) is 0 Å². The lowest BCUT2D eigenvalue weighted by atomic mass is 9.89. The molecule has 0 saturated carbocycles. The summed E-state index contributed by atoms with van der Waals surface area (Å²) in [5, 5.41) is 0. The minimum absolute atomic E-state index is 0.203. The van der Waals surface area contributed by atoms with Gasteiger partial charge in [0.15, 0.2) is 0 Å². The number of hydrogen-bond acceptors (Lipinski definition) is 3. The number of nitrogens with zero attached hydrogens (tertiary/aromatic N) is 1. The Labute approximate surface area is 106 Å². The molecule has 0 aromatic heterocycles. The van der Waals surface area contributed by atoms with E-state index in [2.05, 4.69) is 18.7 Å². The van der Waals surface area contributed by atoms with E-state index in [0.717, 1.165) is 32.4 Å². The number of ether oxygens (including phenoxy) is 1. The number of ketones is 1. The molecule has 0 bridgehead atoms. The number of likely N-dealkylation sites (tertiary alicyclic amines) is 1. The highest BCUT2D eigenvalue weighted by molar-refractivity contribution is 5.81. The number of piperidine rings is 1. The van der Waals surface area contributed by atoms with Gasteiger partial charge >= 0.3 is 0 Å². The van der Waals surface area contributed by atoms with Crippen LogP contribution < -0.4 is 0 Å². The Bertz CT molecular complexity index is 232. The van der Waals surface area contributed by atoms with Crippen molar-refractivity contribution in [1.82, 2.24) is 4.90 Å². The summed E-state index contributed by atoms with van der Waals surface area (Å²) in [5.74, 6) is 0.742. The summed E-state index contributed by atoms with van der Waals surface area (Å²) < 4.78 is 5.18. The van der Waals surface area contributed by atoms with Crippen LogP contribution in [0, 0.1) is 5.92 Å². The molecule has 1 aliphatic rings. The molecular formula is C14H27NO2. The second-order valence-electron chi connectivity index (χ2n) is 5.46. The molecule has 1 aliphatic heterocycles. The maximum atomic E-state index is 12.0. The Hall–Kier alpha value is -0.410. The lowest BCUT2D eigenvalue weighted by Gasteiger charge is -2.34. The van der Waals surface area contributed by atoms with Crippen LogP contribution in [0.25, 0.3) is 0 Å². The van der Waals surface area contributed by atoms with Gasteiger partial charge < -0.3 is 9.64 Å². The van der Waals surface area contributed by atoms with Crippen molar-refractivity contribution in [3.63, 3.8) is 0 Å². The normalized spacial score (nSPS) is 20.8. The van der Waals surface area contributed by atoms with Crippen molar-refractivity contribution >= 4 is 5.78 Å². The number of carbonyl (C=O) groups excluding carboxylic acids is 1. The predicted octanol–water partition coefficient (Wildman–Crippen LogP) is 2.49. The molecule has 0 radical (unpaired) electrons. The van der Waals surface area contributed by atoms with Gasteiger partial charge in [0.05, 0.1) is 6.10 Å². The maximum Gasteiger partial charge on any atom is 0.136 e. The first kappa shape index (κ1) is 14.7. The molecule has 1 rings (SSSR count). The van der Waals surface area contributed by atoms with E-state index >= 15 is 0 Å². The molecule has 0 aliphatic carbocycles. The van der Waals surface area contributed by atoms with E-state index in [9.17, 15) is 4.79 Å². The van der Waals surface area contributed by atoms with Crippen LogP contribution in [-0.4, -0.2) is 43.0 Å². The van der Waals surface area contributed by atoms with Crippen LogP contribution in [0.3, 0.4) is 0 Å². The molecule has 1 atom stereocenters. The van der Waals surface area contributed by atoms with Gasteiger partial charge in [-0.15, -0.1) is 0 Å². The summed E-state index contributed by atoms with van der Waals surface area (Å²) in [6.07, 6.45) is 3.83. The molecule has 1 heterocycles. The van der Waals surface area contributed by atoms with Gasteiger partial charge in [-0.3, -0.25) is 4.79 Å². The third-order valence-corrected chi connectivity index (χ3v) is 3.91. The zero-order valence-corrected chi connectivity index (χ0v) is 11.7. The number of hydrogen-bond donors (Lipinski definition) is 0. The standard InChI is InChI=1S/C14H27NO2/c1-11(2)15-9-7-13(8-10-15)14(16)6-5-12(3)17-4/h11-13H,5-10H2,1-4H3. The van der Waals surface area contributed by atoms with E-state index in [0.29, 0.717) is 24.2 Å². The first-order chi connectivity index (χ1) is 8.04. The van der Waals surface area contributed by atoms with Crippen molar-refractivity contribution in [3.05, 3.63) is 0 Å². The highest BCUT2D eigenvalue weighted by Gasteiger charge is 2.25. The van der Waals surface area contributed by atoms with Gasteiger partial charge in [0.25, 0.3) is 0 Å².